The highest BCUT2D eigenvalue weighted by molar-refractivity contribution is 5.85. The average Bonchev–Trinajstić information content (AvgIpc) is 2.69. The van der Waals surface area contributed by atoms with Gasteiger partial charge in [0.25, 0.3) is 0 Å². The second kappa shape index (κ2) is 3.38. The van der Waals surface area contributed by atoms with Crippen molar-refractivity contribution in [2.75, 3.05) is 0 Å². The van der Waals surface area contributed by atoms with Gasteiger partial charge in [0.2, 0.25) is 0 Å². The van der Waals surface area contributed by atoms with E-state index < -0.39 is 0 Å². The smallest absolute Gasteiger partial charge is 0.0903 e. The number of fused-ring (bicyclic) bond motifs is 1. The van der Waals surface area contributed by atoms with Gasteiger partial charge in [0, 0.05) is 23.3 Å². The molecule has 1 aromatic carbocycles. The van der Waals surface area contributed by atoms with Gasteiger partial charge in [0.1, 0.15) is 0 Å². The van der Waals surface area contributed by atoms with Crippen LogP contribution >= 0.6 is 0 Å². The van der Waals surface area contributed by atoms with Crippen LogP contribution in [0.15, 0.2) is 54.9 Å². The van der Waals surface area contributed by atoms with Crippen LogP contribution in [0.4, 0.5) is 0 Å². The molecule has 0 aliphatic rings. The predicted octanol–water partition coefficient (Wildman–Crippen LogP) is 2.94. The van der Waals surface area contributed by atoms with E-state index in [2.05, 4.69) is 4.98 Å². The first kappa shape index (κ1) is 8.97. The van der Waals surface area contributed by atoms with Crippen molar-refractivity contribution in [3.63, 3.8) is 0 Å². The number of nitrogens with zero attached hydrogens (tertiary/aromatic N) is 2. The Balaban J connectivity index is 2.29. The molecule has 0 amide bonds. The zero-order chi connectivity index (χ0) is 11.0. The molecule has 0 radical (unpaired) electrons. The lowest BCUT2D eigenvalue weighted by Gasteiger charge is -2.01. The first-order valence-corrected chi connectivity index (χ1v) is 5.06. The van der Waals surface area contributed by atoms with Crippen LogP contribution < -0.4 is 0 Å². The van der Waals surface area contributed by atoms with Crippen molar-refractivity contribution >= 4 is 10.9 Å². The number of pyridine rings is 1. The van der Waals surface area contributed by atoms with Crippen molar-refractivity contribution in [1.29, 1.82) is 0 Å². The van der Waals surface area contributed by atoms with Crippen molar-refractivity contribution in [2.45, 2.75) is 0 Å². The summed E-state index contributed by atoms with van der Waals surface area (Å²) in [7, 11) is 0. The molecule has 0 fully saturated rings. The molecule has 0 spiro atoms. The summed E-state index contributed by atoms with van der Waals surface area (Å²) in [5.74, 6) is 0. The zero-order valence-corrected chi connectivity index (χ0v) is 8.54. The highest BCUT2D eigenvalue weighted by Crippen LogP contribution is 2.25. The van der Waals surface area contributed by atoms with Crippen molar-refractivity contribution < 1.29 is 5.21 Å². The van der Waals surface area contributed by atoms with E-state index in [9.17, 15) is 5.21 Å². The minimum Gasteiger partial charge on any atom is -0.428 e. The Bertz CT molecular complexity index is 629. The van der Waals surface area contributed by atoms with Gasteiger partial charge in [-0.2, -0.15) is 4.73 Å². The average molecular weight is 210 g/mol. The molecule has 0 atom stereocenters. The number of aromatic nitrogens is 2. The minimum atomic E-state index is 0.772. The van der Waals surface area contributed by atoms with Crippen molar-refractivity contribution in [3.8, 4) is 11.3 Å². The molecule has 0 saturated carbocycles. The second-order valence-corrected chi connectivity index (χ2v) is 3.64. The third-order valence-corrected chi connectivity index (χ3v) is 2.65. The number of benzene rings is 1. The number of hydrogen-bond acceptors (Lipinski definition) is 2. The van der Waals surface area contributed by atoms with Gasteiger partial charge in [-0.1, -0.05) is 30.3 Å². The second-order valence-electron chi connectivity index (χ2n) is 3.64. The van der Waals surface area contributed by atoms with E-state index in [1.807, 2.05) is 36.4 Å². The summed E-state index contributed by atoms with van der Waals surface area (Å²) in [4.78, 5) is 4.04. The molecular weight excluding hydrogens is 200 g/mol. The van der Waals surface area contributed by atoms with Gasteiger partial charge in [-0.25, -0.2) is 0 Å². The first-order valence-electron chi connectivity index (χ1n) is 5.06. The zero-order valence-electron chi connectivity index (χ0n) is 8.54. The Morgan fingerprint density at radius 1 is 1.06 bits per heavy atom. The van der Waals surface area contributed by atoms with Gasteiger partial charge >= 0.3 is 0 Å². The summed E-state index contributed by atoms with van der Waals surface area (Å²) in [6.45, 7) is 0. The van der Waals surface area contributed by atoms with E-state index in [1.54, 1.807) is 18.5 Å². The lowest BCUT2D eigenvalue weighted by molar-refractivity contribution is 0.205. The van der Waals surface area contributed by atoms with Crippen LogP contribution in [-0.4, -0.2) is 14.9 Å². The highest BCUT2D eigenvalue weighted by Gasteiger charge is 2.08. The Kier molecular flexibility index (Phi) is 1.90. The molecule has 0 unspecified atom stereocenters. The summed E-state index contributed by atoms with van der Waals surface area (Å²) in [6, 6.07) is 13.5. The highest BCUT2D eigenvalue weighted by atomic mass is 16.5. The number of rotatable bonds is 1. The fourth-order valence-corrected chi connectivity index (χ4v) is 1.86. The van der Waals surface area contributed by atoms with Gasteiger partial charge < -0.3 is 5.21 Å². The molecule has 0 aliphatic carbocycles. The largest absolute Gasteiger partial charge is 0.428 e. The summed E-state index contributed by atoms with van der Waals surface area (Å²) < 4.78 is 1.20. The van der Waals surface area contributed by atoms with Crippen molar-refractivity contribution in [1.82, 2.24) is 9.71 Å². The maximum atomic E-state index is 10.0. The monoisotopic (exact) mass is 210 g/mol. The maximum Gasteiger partial charge on any atom is 0.0903 e. The molecule has 0 aliphatic heterocycles. The van der Waals surface area contributed by atoms with Gasteiger partial charge in [-0.3, -0.25) is 4.98 Å². The van der Waals surface area contributed by atoms with E-state index in [0.717, 1.165) is 22.2 Å². The summed E-state index contributed by atoms with van der Waals surface area (Å²) in [6.07, 6.45) is 3.42. The number of hydrogen-bond donors (Lipinski definition) is 1. The van der Waals surface area contributed by atoms with Crippen molar-refractivity contribution in [3.05, 3.63) is 54.9 Å². The third-order valence-electron chi connectivity index (χ3n) is 2.65. The quantitative estimate of drug-likeness (QED) is 0.627. The molecule has 0 bridgehead atoms. The standard InChI is InChI=1S/C13H10N2O/c16-15-12-6-7-14-9-11(12)8-13(15)10-4-2-1-3-5-10/h1-9,16H. The molecule has 3 heteroatoms. The Morgan fingerprint density at radius 2 is 1.88 bits per heavy atom. The van der Waals surface area contributed by atoms with Gasteiger partial charge in [0.15, 0.2) is 0 Å². The summed E-state index contributed by atoms with van der Waals surface area (Å²) in [5, 5.41) is 11.0. The topological polar surface area (TPSA) is 38.0 Å². The fourth-order valence-electron chi connectivity index (χ4n) is 1.86. The Morgan fingerprint density at radius 3 is 2.62 bits per heavy atom. The van der Waals surface area contributed by atoms with Gasteiger partial charge in [-0.05, 0) is 12.1 Å². The Labute approximate surface area is 92.6 Å². The molecule has 0 saturated heterocycles. The molecule has 78 valence electrons. The molecule has 3 aromatic rings. The van der Waals surface area contributed by atoms with E-state index in [-0.39, 0.29) is 0 Å². The Hall–Kier alpha value is -2.29. The molecule has 2 aromatic heterocycles. The van der Waals surface area contributed by atoms with E-state index in [1.165, 1.54) is 4.73 Å². The van der Waals surface area contributed by atoms with E-state index >= 15 is 0 Å². The summed E-state index contributed by atoms with van der Waals surface area (Å²) >= 11 is 0. The van der Waals surface area contributed by atoms with Crippen LogP contribution in [0.3, 0.4) is 0 Å². The lowest BCUT2D eigenvalue weighted by atomic mass is 10.1. The van der Waals surface area contributed by atoms with Crippen molar-refractivity contribution in [2.24, 2.45) is 0 Å². The third kappa shape index (κ3) is 1.26. The maximum absolute atomic E-state index is 10.0. The molecule has 1 N–H and O–H groups in total. The summed E-state index contributed by atoms with van der Waals surface area (Å²) in [5.41, 5.74) is 2.54. The van der Waals surface area contributed by atoms with Crippen LogP contribution in [0.5, 0.6) is 0 Å². The van der Waals surface area contributed by atoms with E-state index in [0.29, 0.717) is 0 Å². The van der Waals surface area contributed by atoms with Crippen LogP contribution in [0.25, 0.3) is 22.2 Å². The van der Waals surface area contributed by atoms with Gasteiger partial charge in [-0.15, -0.1) is 0 Å². The molecular formula is C13H10N2O. The van der Waals surface area contributed by atoms with Crippen LogP contribution in [0, 0.1) is 0 Å². The molecule has 3 nitrogen and oxygen atoms in total. The fraction of sp³-hybridized carbons (Fsp3) is 0. The van der Waals surface area contributed by atoms with E-state index in [4.69, 9.17) is 0 Å². The molecule has 2 heterocycles. The molecule has 3 rings (SSSR count). The van der Waals surface area contributed by atoms with Crippen LogP contribution in [-0.2, 0) is 0 Å². The van der Waals surface area contributed by atoms with Crippen LogP contribution in [0.1, 0.15) is 0 Å². The first-order chi connectivity index (χ1) is 7.86. The SMILES string of the molecule is On1c(-c2ccccc2)cc2cnccc21. The predicted molar refractivity (Wildman–Crippen MR) is 62.4 cm³/mol. The normalized spacial score (nSPS) is 10.8. The lowest BCUT2D eigenvalue weighted by Crippen LogP contribution is -1.92. The van der Waals surface area contributed by atoms with Crippen LogP contribution in [0.2, 0.25) is 0 Å². The molecule has 16 heavy (non-hydrogen) atoms. The van der Waals surface area contributed by atoms with Gasteiger partial charge in [0.05, 0.1) is 11.2 Å². The minimum absolute atomic E-state index is 0.772.